The summed E-state index contributed by atoms with van der Waals surface area (Å²) in [6.45, 7) is 4.44. The molecule has 0 aliphatic carbocycles. The Bertz CT molecular complexity index is 416. The van der Waals surface area contributed by atoms with Crippen molar-refractivity contribution in [3.05, 3.63) is 23.5 Å². The normalized spacial score (nSPS) is 16.8. The van der Waals surface area contributed by atoms with Gasteiger partial charge < -0.3 is 10.5 Å². The highest BCUT2D eigenvalue weighted by molar-refractivity contribution is 5.95. The minimum Gasteiger partial charge on any atom is -0.397 e. The summed E-state index contributed by atoms with van der Waals surface area (Å²) < 4.78 is 5.20. The van der Waals surface area contributed by atoms with Gasteiger partial charge in [0.25, 0.3) is 5.91 Å². The van der Waals surface area contributed by atoms with E-state index in [-0.39, 0.29) is 5.91 Å². The molecule has 3 N–H and O–H groups in total. The van der Waals surface area contributed by atoms with E-state index in [9.17, 15) is 4.79 Å². The number of hydrogen-bond acceptors (Lipinski definition) is 5. The summed E-state index contributed by atoms with van der Waals surface area (Å²) in [5, 5.41) is 1.84. The molecule has 2 rings (SSSR count). The van der Waals surface area contributed by atoms with Gasteiger partial charge in [-0.1, -0.05) is 0 Å². The second kappa shape index (κ2) is 5.11. The second-order valence-electron chi connectivity index (χ2n) is 3.94. The fourth-order valence-electron chi connectivity index (χ4n) is 1.66. The molecule has 1 aliphatic heterocycles. The minimum atomic E-state index is -0.177. The molecule has 1 fully saturated rings. The van der Waals surface area contributed by atoms with Crippen LogP contribution in [0.25, 0.3) is 0 Å². The zero-order chi connectivity index (χ0) is 12.3. The van der Waals surface area contributed by atoms with Crippen LogP contribution in [0, 0.1) is 6.92 Å². The lowest BCUT2D eigenvalue weighted by Gasteiger charge is -2.27. The molecule has 0 unspecified atom stereocenters. The van der Waals surface area contributed by atoms with Crippen LogP contribution >= 0.6 is 0 Å². The Morgan fingerprint density at radius 3 is 2.94 bits per heavy atom. The summed E-state index contributed by atoms with van der Waals surface area (Å²) in [7, 11) is 0. The predicted molar refractivity (Wildman–Crippen MR) is 63.2 cm³/mol. The first-order valence-electron chi connectivity index (χ1n) is 5.52. The lowest BCUT2D eigenvalue weighted by Crippen LogP contribution is -2.48. The lowest BCUT2D eigenvalue weighted by molar-refractivity contribution is 0.0126. The molecule has 0 radical (unpaired) electrons. The van der Waals surface area contributed by atoms with Crippen LogP contribution in [-0.4, -0.2) is 42.2 Å². The van der Waals surface area contributed by atoms with E-state index in [1.54, 1.807) is 19.2 Å². The molecular weight excluding hydrogens is 220 g/mol. The quantitative estimate of drug-likeness (QED) is 0.752. The summed E-state index contributed by atoms with van der Waals surface area (Å²) in [6.07, 6.45) is 1.54. The number of ether oxygens (including phenoxy) is 1. The van der Waals surface area contributed by atoms with Gasteiger partial charge in [-0.05, 0) is 13.0 Å². The molecule has 0 spiro atoms. The number of nitrogens with zero attached hydrogens (tertiary/aromatic N) is 2. The van der Waals surface area contributed by atoms with Gasteiger partial charge >= 0.3 is 0 Å². The van der Waals surface area contributed by atoms with Crippen LogP contribution < -0.4 is 11.2 Å². The predicted octanol–water partition coefficient (Wildman–Crippen LogP) is -0.0508. The second-order valence-corrected chi connectivity index (χ2v) is 3.94. The van der Waals surface area contributed by atoms with Gasteiger partial charge in [0.05, 0.1) is 36.4 Å². The van der Waals surface area contributed by atoms with Gasteiger partial charge in [-0.25, -0.2) is 5.01 Å². The lowest BCUT2D eigenvalue weighted by atomic mass is 10.2. The number of carbonyl (C=O) groups is 1. The van der Waals surface area contributed by atoms with Crippen LogP contribution in [0.5, 0.6) is 0 Å². The standard InChI is InChI=1S/C11H16N4O2/c1-8-10(6-9(12)7-13-8)11(16)14-15-2-4-17-5-3-15/h6-7H,2-5,12H2,1H3,(H,14,16). The van der Waals surface area contributed by atoms with Crippen molar-refractivity contribution in [3.8, 4) is 0 Å². The van der Waals surface area contributed by atoms with Crippen LogP contribution in [-0.2, 0) is 4.74 Å². The van der Waals surface area contributed by atoms with Crippen molar-refractivity contribution in [1.82, 2.24) is 15.4 Å². The number of nitrogens with one attached hydrogen (secondary N) is 1. The summed E-state index contributed by atoms with van der Waals surface area (Å²) in [5.41, 5.74) is 10.1. The number of nitrogen functional groups attached to an aromatic ring is 1. The molecule has 1 saturated heterocycles. The number of aryl methyl sites for hydroxylation is 1. The van der Waals surface area contributed by atoms with Crippen LogP contribution in [0.3, 0.4) is 0 Å². The average Bonchev–Trinajstić information content (AvgIpc) is 2.33. The van der Waals surface area contributed by atoms with Crippen molar-refractivity contribution in [2.45, 2.75) is 6.92 Å². The first-order valence-corrected chi connectivity index (χ1v) is 5.52. The maximum atomic E-state index is 12.0. The number of carbonyl (C=O) groups excluding carboxylic acids is 1. The Morgan fingerprint density at radius 2 is 2.24 bits per heavy atom. The summed E-state index contributed by atoms with van der Waals surface area (Å²) >= 11 is 0. The van der Waals surface area contributed by atoms with Crippen LogP contribution in [0.15, 0.2) is 12.3 Å². The molecule has 2 heterocycles. The first kappa shape index (κ1) is 11.8. The van der Waals surface area contributed by atoms with E-state index in [4.69, 9.17) is 10.5 Å². The summed E-state index contributed by atoms with van der Waals surface area (Å²) in [6, 6.07) is 1.64. The maximum Gasteiger partial charge on any atom is 0.267 e. The van der Waals surface area contributed by atoms with Gasteiger partial charge in [0.1, 0.15) is 0 Å². The van der Waals surface area contributed by atoms with Crippen LogP contribution in [0.1, 0.15) is 16.1 Å². The molecule has 1 aliphatic rings. The number of hydrogen-bond donors (Lipinski definition) is 2. The van der Waals surface area contributed by atoms with E-state index in [1.165, 1.54) is 0 Å². The number of pyridine rings is 1. The zero-order valence-corrected chi connectivity index (χ0v) is 9.77. The van der Waals surface area contributed by atoms with E-state index in [1.807, 2.05) is 5.01 Å². The highest BCUT2D eigenvalue weighted by atomic mass is 16.5. The number of nitrogens with two attached hydrogens (primary N) is 1. The Balaban J connectivity index is 2.05. The Kier molecular flexibility index (Phi) is 3.55. The highest BCUT2D eigenvalue weighted by Gasteiger charge is 2.16. The smallest absolute Gasteiger partial charge is 0.267 e. The Morgan fingerprint density at radius 1 is 1.53 bits per heavy atom. The van der Waals surface area contributed by atoms with Crippen molar-refractivity contribution >= 4 is 11.6 Å². The molecule has 0 aromatic carbocycles. The van der Waals surface area contributed by atoms with E-state index < -0.39 is 0 Å². The van der Waals surface area contributed by atoms with Crippen molar-refractivity contribution in [2.75, 3.05) is 32.0 Å². The van der Waals surface area contributed by atoms with Gasteiger partial charge in [0.15, 0.2) is 0 Å². The van der Waals surface area contributed by atoms with E-state index in [2.05, 4.69) is 10.4 Å². The van der Waals surface area contributed by atoms with Crippen molar-refractivity contribution in [2.24, 2.45) is 0 Å². The van der Waals surface area contributed by atoms with Gasteiger partial charge in [-0.15, -0.1) is 0 Å². The minimum absolute atomic E-state index is 0.177. The molecule has 1 aromatic rings. The van der Waals surface area contributed by atoms with Gasteiger partial charge in [-0.3, -0.25) is 15.2 Å². The Labute approximate surface area is 99.7 Å². The van der Waals surface area contributed by atoms with Gasteiger partial charge in [0, 0.05) is 13.1 Å². The van der Waals surface area contributed by atoms with Crippen molar-refractivity contribution < 1.29 is 9.53 Å². The third-order valence-corrected chi connectivity index (χ3v) is 2.62. The maximum absolute atomic E-state index is 12.0. The number of amides is 1. The molecule has 0 bridgehead atoms. The largest absolute Gasteiger partial charge is 0.397 e. The third kappa shape index (κ3) is 2.92. The van der Waals surface area contributed by atoms with E-state index >= 15 is 0 Å². The van der Waals surface area contributed by atoms with Gasteiger partial charge in [-0.2, -0.15) is 0 Å². The highest BCUT2D eigenvalue weighted by Crippen LogP contribution is 2.09. The SMILES string of the molecule is Cc1ncc(N)cc1C(=O)NN1CCOCC1. The molecule has 6 heteroatoms. The fourth-order valence-corrected chi connectivity index (χ4v) is 1.66. The number of rotatable bonds is 2. The molecule has 1 aromatic heterocycles. The molecule has 0 atom stereocenters. The fraction of sp³-hybridized carbons (Fsp3) is 0.455. The van der Waals surface area contributed by atoms with Crippen LogP contribution in [0.2, 0.25) is 0 Å². The summed E-state index contributed by atoms with van der Waals surface area (Å²) in [4.78, 5) is 16.1. The molecule has 92 valence electrons. The number of morpholine rings is 1. The monoisotopic (exact) mass is 236 g/mol. The van der Waals surface area contributed by atoms with Crippen LogP contribution in [0.4, 0.5) is 5.69 Å². The Hall–Kier alpha value is -1.66. The third-order valence-electron chi connectivity index (χ3n) is 2.62. The molecule has 17 heavy (non-hydrogen) atoms. The number of hydrazine groups is 1. The topological polar surface area (TPSA) is 80.5 Å². The summed E-state index contributed by atoms with van der Waals surface area (Å²) in [5.74, 6) is -0.177. The molecule has 0 saturated carbocycles. The van der Waals surface area contributed by atoms with E-state index in [0.717, 1.165) is 0 Å². The zero-order valence-electron chi connectivity index (χ0n) is 9.77. The van der Waals surface area contributed by atoms with E-state index in [0.29, 0.717) is 43.2 Å². The number of anilines is 1. The average molecular weight is 236 g/mol. The molecule has 6 nitrogen and oxygen atoms in total. The van der Waals surface area contributed by atoms with Crippen molar-refractivity contribution in [3.63, 3.8) is 0 Å². The van der Waals surface area contributed by atoms with Crippen molar-refractivity contribution in [1.29, 1.82) is 0 Å². The van der Waals surface area contributed by atoms with Gasteiger partial charge in [0.2, 0.25) is 0 Å². The number of aromatic nitrogens is 1. The molecule has 1 amide bonds. The molecular formula is C11H16N4O2. The first-order chi connectivity index (χ1) is 8.16.